The second-order valence-corrected chi connectivity index (χ2v) is 0.556. The van der Waals surface area contributed by atoms with Crippen molar-refractivity contribution >= 4 is 12.5 Å². The summed E-state index contributed by atoms with van der Waals surface area (Å²) < 4.78 is 6.35. The zero-order valence-electron chi connectivity index (χ0n) is 3.41. The highest BCUT2D eigenvalue weighted by Gasteiger charge is 1.27. The first-order valence-electron chi connectivity index (χ1n) is 1.36. The van der Waals surface area contributed by atoms with Crippen LogP contribution in [0.1, 0.15) is 6.92 Å². The maximum absolute atomic E-state index is 6.35. The summed E-state index contributed by atoms with van der Waals surface area (Å²) in [5.41, 5.74) is 0. The van der Waals surface area contributed by atoms with E-state index in [-0.39, 0.29) is 0 Å². The van der Waals surface area contributed by atoms with Crippen molar-refractivity contribution in [2.75, 3.05) is 0 Å². The first-order chi connectivity index (χ1) is 2.41. The van der Waals surface area contributed by atoms with Gasteiger partial charge in [0.05, 0.1) is 0 Å². The molecule has 0 N–H and O–H groups in total. The van der Waals surface area contributed by atoms with E-state index in [9.17, 15) is 0 Å². The van der Waals surface area contributed by atoms with Crippen LogP contribution in [0.4, 0.5) is 0 Å². The maximum atomic E-state index is 6.35. The Bertz CT molecular complexity index is 59.0. The maximum Gasteiger partial charge on any atom is 0.117 e. The fourth-order valence-electron chi connectivity index (χ4n) is 0. The van der Waals surface area contributed by atoms with Crippen LogP contribution in [-0.4, -0.2) is 1.12 Å². The Morgan fingerprint density at radius 3 is 3.00 bits per heavy atom. The molecule has 0 saturated carbocycles. The van der Waals surface area contributed by atoms with Gasteiger partial charge in [0, 0.05) is 0 Å². The molecule has 0 spiro atoms. The van der Waals surface area contributed by atoms with Gasteiger partial charge in [-0.15, -0.1) is 0 Å². The summed E-state index contributed by atoms with van der Waals surface area (Å²) in [7, 11) is 0. The van der Waals surface area contributed by atoms with Gasteiger partial charge in [-0.2, -0.15) is 0 Å². The molecule has 0 aromatic rings. The van der Waals surface area contributed by atoms with Crippen LogP contribution < -0.4 is 0 Å². The predicted molar refractivity (Wildman–Crippen MR) is 22.4 cm³/mol. The molecule has 0 atom stereocenters. The van der Waals surface area contributed by atoms with Crippen molar-refractivity contribution in [2.24, 2.45) is 0 Å². The van der Waals surface area contributed by atoms with Crippen LogP contribution in [-0.2, 0) is 0 Å². The van der Waals surface area contributed by atoms with Crippen LogP contribution in [0.5, 0.6) is 0 Å². The first-order valence-corrected chi connectivity index (χ1v) is 1.36. The van der Waals surface area contributed by atoms with Gasteiger partial charge in [-0.25, -0.2) is 0 Å². The molecule has 0 aliphatic rings. The van der Waals surface area contributed by atoms with Crippen LogP contribution >= 0.6 is 12.5 Å². The Hall–Kier alpha value is -0.0900. The minimum atomic E-state index is 0.791. The van der Waals surface area contributed by atoms with Crippen molar-refractivity contribution in [2.45, 2.75) is 6.92 Å². The van der Waals surface area contributed by atoms with Crippen molar-refractivity contribution in [3.63, 3.8) is 0 Å². The smallest absolute Gasteiger partial charge is 0.0949 e. The molecule has 0 fully saturated rings. The summed E-state index contributed by atoms with van der Waals surface area (Å²) in [5.74, 6) is 2.54. The average molecular weight is 74.1 g/mol. The lowest BCUT2D eigenvalue weighted by Crippen LogP contribution is -1.22. The molecule has 0 radical (unpaired) electrons. The molecule has 0 amide bonds. The fourth-order valence-corrected chi connectivity index (χ4v) is 0. The van der Waals surface area contributed by atoms with Gasteiger partial charge >= 0.3 is 0 Å². The van der Waals surface area contributed by atoms with E-state index < -0.39 is 0 Å². The molecule has 4 heavy (non-hydrogen) atoms. The molecule has 0 unspecified atom stereocenters. The van der Waals surface area contributed by atoms with Gasteiger partial charge in [0.15, 0.2) is 0 Å². The minimum Gasteiger partial charge on any atom is -0.0949 e. The highest BCUT2D eigenvalue weighted by atomic mass is 32.1. The molecule has 0 aliphatic carbocycles. The Morgan fingerprint density at radius 2 is 3.00 bits per heavy atom. The quantitative estimate of drug-likeness (QED) is 0.320. The standard InChI is InChI=1S/C3H4S/c1-2-3-4/h4H,1H3/i/hT. The van der Waals surface area contributed by atoms with E-state index in [1.807, 2.05) is 0 Å². The summed E-state index contributed by atoms with van der Waals surface area (Å²) in [4.78, 5) is 0. The molecule has 0 bridgehead atoms. The third-order valence-electron chi connectivity index (χ3n) is 0.102. The molecular weight excluding hydrogens is 68.1 g/mol. The highest BCUT2D eigenvalue weighted by molar-refractivity contribution is 7.85. The minimum absolute atomic E-state index is 0.791. The second kappa shape index (κ2) is 2.91. The predicted octanol–water partition coefficient (Wildman–Crippen LogP) is 0.897. The third kappa shape index (κ3) is 1.91. The highest BCUT2D eigenvalue weighted by Crippen LogP contribution is 1.54. The lowest BCUT2D eigenvalue weighted by Gasteiger charge is -1.39. The number of hydrogen-bond acceptors (Lipinski definition) is 1. The summed E-state index contributed by atoms with van der Waals surface area (Å²) in [5, 5.41) is 2.44. The molecule has 0 rings (SSSR count). The Kier molecular flexibility index (Phi) is 1.58. The molecule has 0 aromatic carbocycles. The van der Waals surface area contributed by atoms with E-state index in [0.717, 1.165) is 12.5 Å². The van der Waals surface area contributed by atoms with Gasteiger partial charge in [0.2, 0.25) is 0 Å². The van der Waals surface area contributed by atoms with Gasteiger partial charge in [-0.3, -0.25) is 0 Å². The Labute approximate surface area is 32.7 Å². The van der Waals surface area contributed by atoms with E-state index in [1.165, 1.54) is 0 Å². The van der Waals surface area contributed by atoms with Gasteiger partial charge in [0.25, 0.3) is 0 Å². The monoisotopic (exact) mass is 74.0 g/mol. The Balaban J connectivity index is 2.81. The molecular formula is C3H4S. The third-order valence-corrected chi connectivity index (χ3v) is 0.306. The normalized spacial score (nSPS) is 6.75. The van der Waals surface area contributed by atoms with Gasteiger partial charge in [0.1, 0.15) is 1.12 Å². The molecule has 0 heterocycles. The van der Waals surface area contributed by atoms with E-state index >= 15 is 0 Å². The topological polar surface area (TPSA) is 0 Å². The SMILES string of the molecule is [3H]SC#CC. The molecule has 22 valence electrons. The van der Waals surface area contributed by atoms with E-state index in [0.29, 0.717) is 0 Å². The molecule has 1 heteroatoms. The lowest BCUT2D eigenvalue weighted by atomic mass is 10.9. The lowest BCUT2D eigenvalue weighted by molar-refractivity contribution is 1.94. The number of hydrogen-bond donors (Lipinski definition) is 1. The summed E-state index contributed by atoms with van der Waals surface area (Å²) >= 11 is 0.791. The van der Waals surface area contributed by atoms with E-state index in [1.54, 1.807) is 6.92 Å². The van der Waals surface area contributed by atoms with Crippen LogP contribution in [0.15, 0.2) is 0 Å². The van der Waals surface area contributed by atoms with Crippen molar-refractivity contribution in [3.8, 4) is 11.2 Å². The number of thiol groups is 1. The van der Waals surface area contributed by atoms with Crippen LogP contribution in [0.3, 0.4) is 0 Å². The average Bonchev–Trinajstić information content (AvgIpc) is 1.41. The second-order valence-electron chi connectivity index (χ2n) is 0.352. The van der Waals surface area contributed by atoms with Crippen molar-refractivity contribution in [3.05, 3.63) is 0 Å². The van der Waals surface area contributed by atoms with E-state index in [4.69, 9.17) is 1.12 Å². The van der Waals surface area contributed by atoms with Gasteiger partial charge in [-0.1, -0.05) is 18.5 Å². The molecule has 0 saturated heterocycles. The van der Waals surface area contributed by atoms with E-state index in [2.05, 4.69) is 11.2 Å². The van der Waals surface area contributed by atoms with Gasteiger partial charge < -0.3 is 0 Å². The van der Waals surface area contributed by atoms with Crippen LogP contribution in [0.2, 0.25) is 0 Å². The largest absolute Gasteiger partial charge is 0.117 e. The van der Waals surface area contributed by atoms with Crippen molar-refractivity contribution in [1.82, 2.24) is 0 Å². The van der Waals surface area contributed by atoms with Crippen LogP contribution in [0, 0.1) is 11.2 Å². The molecule has 0 nitrogen and oxygen atoms in total. The summed E-state index contributed by atoms with van der Waals surface area (Å²) in [6.45, 7) is 1.71. The van der Waals surface area contributed by atoms with Crippen molar-refractivity contribution in [1.29, 1.82) is 1.12 Å². The fraction of sp³-hybridized carbons (Fsp3) is 0.333. The zero-order chi connectivity index (χ0) is 4.12. The zero-order valence-corrected chi connectivity index (χ0v) is 3.22. The Morgan fingerprint density at radius 1 is 2.25 bits per heavy atom. The summed E-state index contributed by atoms with van der Waals surface area (Å²) in [6, 6.07) is 0. The first kappa shape index (κ1) is 2.17. The summed E-state index contributed by atoms with van der Waals surface area (Å²) in [6.07, 6.45) is 0. The van der Waals surface area contributed by atoms with Crippen LogP contribution in [0.25, 0.3) is 0 Å². The van der Waals surface area contributed by atoms with Gasteiger partial charge in [-0.05, 0) is 12.2 Å². The van der Waals surface area contributed by atoms with Crippen molar-refractivity contribution < 1.29 is 0 Å². The molecule has 0 aromatic heterocycles. The molecule has 0 aliphatic heterocycles. The number of rotatable bonds is 0.